The number of hydrogen-bond donors (Lipinski definition) is 2. The highest BCUT2D eigenvalue weighted by Gasteiger charge is 2.29. The Morgan fingerprint density at radius 3 is 2.58 bits per heavy atom. The lowest BCUT2D eigenvalue weighted by molar-refractivity contribution is 0.0900. The second-order valence-corrected chi connectivity index (χ2v) is 7.73. The molecule has 0 bridgehead atoms. The minimum absolute atomic E-state index is 0.00736. The number of hydrogen-bond acceptors (Lipinski definition) is 2. The van der Waals surface area contributed by atoms with Gasteiger partial charge in [0.1, 0.15) is 0 Å². The Morgan fingerprint density at radius 1 is 1.21 bits per heavy atom. The van der Waals surface area contributed by atoms with E-state index in [1.165, 1.54) is 5.56 Å². The molecule has 0 fully saturated rings. The molecule has 1 amide bonds. The third-order valence-corrected chi connectivity index (χ3v) is 4.70. The van der Waals surface area contributed by atoms with Gasteiger partial charge < -0.3 is 15.2 Å². The third-order valence-electron chi connectivity index (χ3n) is 4.70. The quantitative estimate of drug-likeness (QED) is 0.908. The van der Waals surface area contributed by atoms with Crippen molar-refractivity contribution in [3.05, 3.63) is 58.9 Å². The molecule has 0 saturated heterocycles. The van der Waals surface area contributed by atoms with Crippen molar-refractivity contribution < 1.29 is 4.79 Å². The Morgan fingerprint density at radius 2 is 1.92 bits per heavy atom. The number of carbonyl (C=O) groups is 1. The number of rotatable bonds is 3. The van der Waals surface area contributed by atoms with Crippen LogP contribution in [0.5, 0.6) is 0 Å². The van der Waals surface area contributed by atoms with Crippen LogP contribution in [-0.2, 0) is 13.1 Å². The summed E-state index contributed by atoms with van der Waals surface area (Å²) in [5.41, 5.74) is 4.17. The largest absolute Gasteiger partial charge is 0.348 e. The van der Waals surface area contributed by atoms with Crippen LogP contribution >= 0.6 is 0 Å². The number of nitrogens with one attached hydrogen (secondary N) is 2. The highest BCUT2D eigenvalue weighted by molar-refractivity contribution is 5.95. The third kappa shape index (κ3) is 3.39. The van der Waals surface area contributed by atoms with Gasteiger partial charge in [-0.05, 0) is 24.0 Å². The van der Waals surface area contributed by atoms with Crippen LogP contribution in [0, 0.1) is 12.3 Å². The van der Waals surface area contributed by atoms with Gasteiger partial charge in [0.15, 0.2) is 0 Å². The van der Waals surface area contributed by atoms with E-state index in [9.17, 15) is 4.79 Å². The van der Waals surface area contributed by atoms with E-state index in [-0.39, 0.29) is 17.4 Å². The number of aryl methyl sites for hydroxylation is 1. The van der Waals surface area contributed by atoms with Gasteiger partial charge in [0.25, 0.3) is 5.91 Å². The number of benzene rings is 1. The lowest BCUT2D eigenvalue weighted by atomic mass is 9.82. The lowest BCUT2D eigenvalue weighted by Crippen LogP contribution is -2.37. The van der Waals surface area contributed by atoms with Crippen LogP contribution in [0.25, 0.3) is 0 Å². The molecule has 2 heterocycles. The van der Waals surface area contributed by atoms with Gasteiger partial charge in [-0.2, -0.15) is 0 Å². The maximum atomic E-state index is 12.9. The van der Waals surface area contributed by atoms with Crippen molar-refractivity contribution in [2.75, 3.05) is 6.54 Å². The van der Waals surface area contributed by atoms with Crippen molar-refractivity contribution in [1.82, 2.24) is 15.2 Å². The van der Waals surface area contributed by atoms with Crippen LogP contribution in [0.2, 0.25) is 0 Å². The molecule has 0 saturated carbocycles. The maximum absolute atomic E-state index is 12.9. The number of aromatic nitrogens is 1. The van der Waals surface area contributed by atoms with Crippen molar-refractivity contribution in [3.8, 4) is 0 Å². The maximum Gasteiger partial charge on any atom is 0.253 e. The van der Waals surface area contributed by atoms with Crippen LogP contribution in [0.1, 0.15) is 54.0 Å². The van der Waals surface area contributed by atoms with Crippen LogP contribution < -0.4 is 10.6 Å². The van der Waals surface area contributed by atoms with Gasteiger partial charge in [0, 0.05) is 31.5 Å². The van der Waals surface area contributed by atoms with Gasteiger partial charge in [0.2, 0.25) is 0 Å². The Hall–Kier alpha value is -2.07. The summed E-state index contributed by atoms with van der Waals surface area (Å²) in [6.07, 6.45) is 2.02. The molecule has 4 nitrogen and oxygen atoms in total. The van der Waals surface area contributed by atoms with E-state index in [1.807, 2.05) is 12.3 Å². The SMILES string of the molecule is Cc1ccc(C(NC(=O)c2ccn3c2CNCC3)C(C)(C)C)cc1. The van der Waals surface area contributed by atoms with Crippen molar-refractivity contribution >= 4 is 5.91 Å². The predicted molar refractivity (Wildman–Crippen MR) is 97.0 cm³/mol. The molecule has 1 atom stereocenters. The fraction of sp³-hybridized carbons (Fsp3) is 0.450. The Bertz CT molecular complexity index is 722. The molecule has 3 rings (SSSR count). The fourth-order valence-electron chi connectivity index (χ4n) is 3.29. The molecule has 0 radical (unpaired) electrons. The summed E-state index contributed by atoms with van der Waals surface area (Å²) < 4.78 is 2.17. The van der Waals surface area contributed by atoms with Gasteiger partial charge in [-0.25, -0.2) is 0 Å². The smallest absolute Gasteiger partial charge is 0.253 e. The first-order valence-corrected chi connectivity index (χ1v) is 8.62. The Balaban J connectivity index is 1.86. The van der Waals surface area contributed by atoms with Gasteiger partial charge in [-0.15, -0.1) is 0 Å². The normalized spacial score (nSPS) is 15.7. The van der Waals surface area contributed by atoms with Crippen molar-refractivity contribution in [3.63, 3.8) is 0 Å². The van der Waals surface area contributed by atoms with Gasteiger partial charge in [-0.3, -0.25) is 4.79 Å². The molecule has 24 heavy (non-hydrogen) atoms. The first-order chi connectivity index (χ1) is 11.4. The number of nitrogens with zero attached hydrogens (tertiary/aromatic N) is 1. The van der Waals surface area contributed by atoms with E-state index >= 15 is 0 Å². The van der Waals surface area contributed by atoms with Crippen LogP contribution in [-0.4, -0.2) is 17.0 Å². The summed E-state index contributed by atoms with van der Waals surface area (Å²) in [5, 5.41) is 6.61. The van der Waals surface area contributed by atoms with Gasteiger partial charge >= 0.3 is 0 Å². The van der Waals surface area contributed by atoms with E-state index < -0.39 is 0 Å². The van der Waals surface area contributed by atoms with Crippen molar-refractivity contribution in [2.45, 2.75) is 46.8 Å². The van der Waals surface area contributed by atoms with Crippen LogP contribution in [0.15, 0.2) is 36.5 Å². The monoisotopic (exact) mass is 325 g/mol. The first-order valence-electron chi connectivity index (χ1n) is 8.62. The Kier molecular flexibility index (Phi) is 4.50. The molecule has 1 aliphatic heterocycles. The average molecular weight is 325 g/mol. The standard InChI is InChI=1S/C20H27N3O/c1-14-5-7-15(8-6-14)18(20(2,3)4)22-19(24)16-9-11-23-12-10-21-13-17(16)23/h5-9,11,18,21H,10,12-13H2,1-4H3,(H,22,24). The zero-order valence-corrected chi connectivity index (χ0v) is 15.0. The molecule has 4 heteroatoms. The molecule has 128 valence electrons. The molecular formula is C20H27N3O. The molecule has 2 aromatic rings. The molecule has 1 aromatic carbocycles. The Labute approximate surface area is 144 Å². The molecule has 0 spiro atoms. The highest BCUT2D eigenvalue weighted by Crippen LogP contribution is 2.33. The summed E-state index contributed by atoms with van der Waals surface area (Å²) in [6.45, 7) is 11.2. The van der Waals surface area contributed by atoms with E-state index in [2.05, 4.69) is 67.2 Å². The van der Waals surface area contributed by atoms with E-state index in [1.54, 1.807) is 0 Å². The predicted octanol–water partition coefficient (Wildman–Crippen LogP) is 3.42. The highest BCUT2D eigenvalue weighted by atomic mass is 16.1. The fourth-order valence-corrected chi connectivity index (χ4v) is 3.29. The van der Waals surface area contributed by atoms with Crippen LogP contribution in [0.4, 0.5) is 0 Å². The second-order valence-electron chi connectivity index (χ2n) is 7.73. The topological polar surface area (TPSA) is 46.1 Å². The lowest BCUT2D eigenvalue weighted by Gasteiger charge is -2.32. The second kappa shape index (κ2) is 6.44. The molecule has 0 aliphatic carbocycles. The summed E-state index contributed by atoms with van der Waals surface area (Å²) in [7, 11) is 0. The van der Waals surface area contributed by atoms with E-state index in [0.717, 1.165) is 36.5 Å². The molecule has 2 N–H and O–H groups in total. The van der Waals surface area contributed by atoms with E-state index in [4.69, 9.17) is 0 Å². The summed E-state index contributed by atoms with van der Waals surface area (Å²) in [6, 6.07) is 10.3. The molecule has 1 aliphatic rings. The number of carbonyl (C=O) groups excluding carboxylic acids is 1. The molecular weight excluding hydrogens is 298 g/mol. The minimum atomic E-state index is -0.0665. The van der Waals surface area contributed by atoms with Crippen LogP contribution in [0.3, 0.4) is 0 Å². The number of fused-ring (bicyclic) bond motifs is 1. The summed E-state index contributed by atoms with van der Waals surface area (Å²) in [4.78, 5) is 12.9. The summed E-state index contributed by atoms with van der Waals surface area (Å²) in [5.74, 6) is 0.00736. The molecule has 1 unspecified atom stereocenters. The number of amides is 1. The minimum Gasteiger partial charge on any atom is -0.348 e. The summed E-state index contributed by atoms with van der Waals surface area (Å²) >= 11 is 0. The first kappa shape index (κ1) is 16.8. The van der Waals surface area contributed by atoms with E-state index in [0.29, 0.717) is 0 Å². The average Bonchev–Trinajstić information content (AvgIpc) is 2.96. The van der Waals surface area contributed by atoms with Crippen molar-refractivity contribution in [2.24, 2.45) is 5.41 Å². The molecule has 1 aromatic heterocycles. The van der Waals surface area contributed by atoms with Gasteiger partial charge in [-0.1, -0.05) is 50.6 Å². The van der Waals surface area contributed by atoms with Gasteiger partial charge in [0.05, 0.1) is 11.6 Å². The zero-order valence-electron chi connectivity index (χ0n) is 15.0. The zero-order chi connectivity index (χ0) is 17.3. The van der Waals surface area contributed by atoms with Crippen molar-refractivity contribution in [1.29, 1.82) is 0 Å².